The number of halogens is 1. The number of amides is 1. The second kappa shape index (κ2) is 6.46. The first-order chi connectivity index (χ1) is 11.9. The molecule has 0 saturated carbocycles. The van der Waals surface area contributed by atoms with Crippen LogP contribution in [0.3, 0.4) is 0 Å². The number of carbonyl (C=O) groups is 1. The second-order valence-electron chi connectivity index (χ2n) is 6.59. The van der Waals surface area contributed by atoms with E-state index in [-0.39, 0.29) is 23.1 Å². The van der Waals surface area contributed by atoms with Gasteiger partial charge >= 0.3 is 0 Å². The summed E-state index contributed by atoms with van der Waals surface area (Å²) in [6.07, 6.45) is 1.36. The van der Waals surface area contributed by atoms with Gasteiger partial charge in [-0.15, -0.1) is 0 Å². The Hall–Kier alpha value is -3.03. The Balaban J connectivity index is 1.74. The summed E-state index contributed by atoms with van der Waals surface area (Å²) in [6, 6.07) is 6.17. The monoisotopic (exact) mass is 343 g/mol. The van der Waals surface area contributed by atoms with Gasteiger partial charge in [0, 0.05) is 11.0 Å². The minimum absolute atomic E-state index is 0.0975. The predicted octanol–water partition coefficient (Wildman–Crippen LogP) is 2.83. The van der Waals surface area contributed by atoms with Crippen molar-refractivity contribution in [2.45, 2.75) is 32.7 Å². The van der Waals surface area contributed by atoms with Crippen LogP contribution in [0.1, 0.15) is 42.8 Å². The third kappa shape index (κ3) is 3.57. The zero-order chi connectivity index (χ0) is 18.0. The summed E-state index contributed by atoms with van der Waals surface area (Å²) >= 11 is 0. The molecule has 8 heteroatoms. The van der Waals surface area contributed by atoms with Crippen molar-refractivity contribution in [3.63, 3.8) is 0 Å². The smallest absolute Gasteiger partial charge is 0.255 e. The Labute approximate surface area is 143 Å². The number of aromatic amines is 1. The fraction of sp³-hybridized carbons (Fsp3) is 0.294. The lowest BCUT2D eigenvalue weighted by atomic mass is 9.97. The molecule has 25 heavy (non-hydrogen) atoms. The van der Waals surface area contributed by atoms with Crippen molar-refractivity contribution in [2.24, 2.45) is 0 Å². The van der Waals surface area contributed by atoms with Crippen molar-refractivity contribution in [1.29, 1.82) is 0 Å². The highest BCUT2D eigenvalue weighted by Crippen LogP contribution is 2.24. The van der Waals surface area contributed by atoms with Crippen LogP contribution < -0.4 is 5.32 Å². The van der Waals surface area contributed by atoms with Crippen LogP contribution in [0, 0.1) is 5.82 Å². The summed E-state index contributed by atoms with van der Waals surface area (Å²) in [5.41, 5.74) is 0.570. The lowest BCUT2D eigenvalue weighted by Crippen LogP contribution is -2.23. The molecule has 0 spiro atoms. The summed E-state index contributed by atoms with van der Waals surface area (Å²) in [5.74, 6) is 0.0178. The van der Waals surface area contributed by atoms with Crippen molar-refractivity contribution < 1.29 is 13.7 Å². The minimum Gasteiger partial charge on any atom is -0.344 e. The Morgan fingerprint density at radius 1 is 1.32 bits per heavy atom. The quantitative estimate of drug-likeness (QED) is 0.759. The maximum atomic E-state index is 13.9. The number of H-pyrrole nitrogens is 1. The second-order valence-corrected chi connectivity index (χ2v) is 6.59. The van der Waals surface area contributed by atoms with Crippen LogP contribution in [-0.4, -0.2) is 26.2 Å². The Bertz CT molecular complexity index is 894. The predicted molar refractivity (Wildman–Crippen MR) is 88.1 cm³/mol. The van der Waals surface area contributed by atoms with Crippen LogP contribution in [0.25, 0.3) is 11.3 Å². The highest BCUT2D eigenvalue weighted by Gasteiger charge is 2.22. The lowest BCUT2D eigenvalue weighted by molar-refractivity contribution is 0.0950. The molecule has 2 aromatic heterocycles. The average Bonchev–Trinajstić information content (AvgIpc) is 3.22. The van der Waals surface area contributed by atoms with Gasteiger partial charge in [-0.3, -0.25) is 9.89 Å². The van der Waals surface area contributed by atoms with E-state index in [4.69, 9.17) is 4.52 Å². The number of benzene rings is 1. The van der Waals surface area contributed by atoms with Gasteiger partial charge in [0.1, 0.15) is 5.82 Å². The van der Waals surface area contributed by atoms with E-state index in [1.54, 1.807) is 18.2 Å². The molecule has 0 aliphatic carbocycles. The zero-order valence-corrected chi connectivity index (χ0v) is 14.1. The van der Waals surface area contributed by atoms with Crippen molar-refractivity contribution >= 4 is 5.91 Å². The lowest BCUT2D eigenvalue weighted by Gasteiger charge is -2.10. The Morgan fingerprint density at radius 2 is 2.08 bits per heavy atom. The number of carbonyl (C=O) groups excluding carboxylic acids is 1. The van der Waals surface area contributed by atoms with Crippen LogP contribution >= 0.6 is 0 Å². The summed E-state index contributed by atoms with van der Waals surface area (Å²) < 4.78 is 19.1. The van der Waals surface area contributed by atoms with E-state index in [1.807, 2.05) is 20.8 Å². The summed E-state index contributed by atoms with van der Waals surface area (Å²) in [6.45, 7) is 5.96. The fourth-order valence-corrected chi connectivity index (χ4v) is 2.21. The molecule has 0 bridgehead atoms. The van der Waals surface area contributed by atoms with E-state index in [0.29, 0.717) is 17.4 Å². The molecule has 0 radical (unpaired) electrons. The van der Waals surface area contributed by atoms with Gasteiger partial charge in [0.15, 0.2) is 5.82 Å². The number of hydrogen-bond donors (Lipinski definition) is 2. The van der Waals surface area contributed by atoms with Gasteiger partial charge in [-0.25, -0.2) is 4.39 Å². The number of nitrogens with zero attached hydrogens (tertiary/aromatic N) is 3. The zero-order valence-electron chi connectivity index (χ0n) is 14.1. The molecule has 0 fully saturated rings. The molecule has 0 aliphatic rings. The topological polar surface area (TPSA) is 96.7 Å². The number of hydrogen-bond acceptors (Lipinski definition) is 5. The third-order valence-corrected chi connectivity index (χ3v) is 3.54. The highest BCUT2D eigenvalue weighted by molar-refractivity contribution is 5.99. The van der Waals surface area contributed by atoms with E-state index in [2.05, 4.69) is 25.7 Å². The molecular formula is C17H18FN5O2. The summed E-state index contributed by atoms with van der Waals surface area (Å²) in [7, 11) is 0. The van der Waals surface area contributed by atoms with Crippen molar-refractivity contribution in [1.82, 2.24) is 25.7 Å². The maximum Gasteiger partial charge on any atom is 0.255 e. The van der Waals surface area contributed by atoms with Crippen LogP contribution in [0.15, 0.2) is 35.0 Å². The molecule has 0 atom stereocenters. The van der Waals surface area contributed by atoms with Gasteiger partial charge in [0.2, 0.25) is 5.89 Å². The maximum absolute atomic E-state index is 13.9. The molecular weight excluding hydrogens is 325 g/mol. The first-order valence-corrected chi connectivity index (χ1v) is 7.76. The van der Waals surface area contributed by atoms with Crippen LogP contribution in [0.5, 0.6) is 0 Å². The molecule has 1 amide bonds. The number of rotatable bonds is 4. The molecule has 0 unspecified atom stereocenters. The van der Waals surface area contributed by atoms with Crippen LogP contribution in [-0.2, 0) is 12.0 Å². The van der Waals surface area contributed by atoms with Gasteiger partial charge in [0.05, 0.1) is 24.0 Å². The minimum atomic E-state index is -0.436. The molecule has 3 aromatic rings. The molecule has 0 aliphatic heterocycles. The molecule has 7 nitrogen and oxygen atoms in total. The van der Waals surface area contributed by atoms with E-state index < -0.39 is 11.7 Å². The van der Waals surface area contributed by atoms with Gasteiger partial charge in [-0.05, 0) is 12.1 Å². The molecule has 2 N–H and O–H groups in total. The van der Waals surface area contributed by atoms with E-state index in [1.165, 1.54) is 12.3 Å². The van der Waals surface area contributed by atoms with Crippen LogP contribution in [0.2, 0.25) is 0 Å². The fourth-order valence-electron chi connectivity index (χ4n) is 2.21. The first kappa shape index (κ1) is 16.8. The molecule has 0 saturated heterocycles. The summed E-state index contributed by atoms with van der Waals surface area (Å²) in [5, 5.41) is 13.1. The third-order valence-electron chi connectivity index (χ3n) is 3.54. The Kier molecular flexibility index (Phi) is 4.35. The number of nitrogens with one attached hydrogen (secondary N) is 2. The number of aromatic nitrogens is 4. The average molecular weight is 343 g/mol. The van der Waals surface area contributed by atoms with Crippen molar-refractivity contribution in [3.05, 3.63) is 53.6 Å². The van der Waals surface area contributed by atoms with Crippen molar-refractivity contribution in [3.8, 4) is 11.3 Å². The Morgan fingerprint density at radius 3 is 2.76 bits per heavy atom. The normalized spacial score (nSPS) is 11.5. The van der Waals surface area contributed by atoms with Crippen molar-refractivity contribution in [2.75, 3.05) is 0 Å². The van der Waals surface area contributed by atoms with Gasteiger partial charge in [0.25, 0.3) is 5.91 Å². The van der Waals surface area contributed by atoms with E-state index in [9.17, 15) is 9.18 Å². The van der Waals surface area contributed by atoms with Gasteiger partial charge < -0.3 is 9.84 Å². The van der Waals surface area contributed by atoms with Gasteiger partial charge in [-0.1, -0.05) is 38.1 Å². The first-order valence-electron chi connectivity index (χ1n) is 7.76. The molecule has 130 valence electrons. The standard InChI is InChI=1S/C17H18FN5O2/c1-17(2,3)16-21-13(23-25-16)9-19-15(24)11-8-20-22-14(11)10-6-4-5-7-12(10)18/h4-8H,9H2,1-3H3,(H,19,24)(H,20,22). The largest absolute Gasteiger partial charge is 0.344 e. The molecule has 3 rings (SSSR count). The van der Waals surface area contributed by atoms with E-state index in [0.717, 1.165) is 0 Å². The summed E-state index contributed by atoms with van der Waals surface area (Å²) in [4.78, 5) is 16.7. The SMILES string of the molecule is CC(C)(C)c1nc(CNC(=O)c2cn[nH]c2-c2ccccc2F)no1. The molecule has 2 heterocycles. The highest BCUT2D eigenvalue weighted by atomic mass is 19.1. The van der Waals surface area contributed by atoms with Gasteiger partial charge in [-0.2, -0.15) is 10.1 Å². The van der Waals surface area contributed by atoms with Crippen LogP contribution in [0.4, 0.5) is 4.39 Å². The molecule has 1 aromatic carbocycles. The van der Waals surface area contributed by atoms with E-state index >= 15 is 0 Å².